The lowest BCUT2D eigenvalue weighted by atomic mass is 9.99. The molecule has 0 amide bonds. The molecule has 0 aromatic heterocycles. The average molecular weight is 361 g/mol. The van der Waals surface area contributed by atoms with Crippen LogP contribution in [0.3, 0.4) is 0 Å². The van der Waals surface area contributed by atoms with Crippen molar-refractivity contribution in [3.05, 3.63) is 89.5 Å². The van der Waals surface area contributed by atoms with Crippen LogP contribution >= 0.6 is 0 Å². The minimum Gasteiger partial charge on any atom is -0.489 e. The third-order valence-electron chi connectivity index (χ3n) is 4.38. The summed E-state index contributed by atoms with van der Waals surface area (Å²) in [5, 5.41) is 9.04. The Morgan fingerprint density at radius 1 is 1.00 bits per heavy atom. The van der Waals surface area contributed by atoms with Gasteiger partial charge in [0.25, 0.3) is 0 Å². The summed E-state index contributed by atoms with van der Waals surface area (Å²) in [6, 6.07) is 23.6. The number of ether oxygens (including phenoxy) is 1. The molecule has 0 spiro atoms. The van der Waals surface area contributed by atoms with Crippen molar-refractivity contribution in [1.82, 2.24) is 0 Å². The predicted molar refractivity (Wildman–Crippen MR) is 107 cm³/mol. The summed E-state index contributed by atoms with van der Waals surface area (Å²) in [5.41, 5.74) is 11.0. The van der Waals surface area contributed by atoms with E-state index < -0.39 is 5.97 Å². The molecule has 138 valence electrons. The van der Waals surface area contributed by atoms with E-state index in [1.165, 1.54) is 0 Å². The number of para-hydroxylation sites is 1. The molecule has 1 atom stereocenters. The lowest BCUT2D eigenvalue weighted by molar-refractivity contribution is -0.136. The fourth-order valence-electron chi connectivity index (χ4n) is 2.96. The molecule has 0 fully saturated rings. The van der Waals surface area contributed by atoms with Crippen LogP contribution < -0.4 is 10.5 Å². The summed E-state index contributed by atoms with van der Waals surface area (Å²) < 4.78 is 5.89. The zero-order chi connectivity index (χ0) is 19.2. The number of carboxylic acids is 1. The van der Waals surface area contributed by atoms with E-state index in [1.807, 2.05) is 43.3 Å². The summed E-state index contributed by atoms with van der Waals surface area (Å²) in [6.07, 6.45) is -0.0553. The van der Waals surface area contributed by atoms with Crippen molar-refractivity contribution < 1.29 is 14.6 Å². The molecule has 3 aromatic rings. The Balaban J connectivity index is 1.77. The molecule has 3 N–H and O–H groups in total. The number of carboxylic acid groups (broad SMARTS) is 1. The second-order valence-electron chi connectivity index (χ2n) is 6.58. The highest BCUT2D eigenvalue weighted by Gasteiger charge is 2.08. The van der Waals surface area contributed by atoms with Crippen molar-refractivity contribution in [2.24, 2.45) is 5.73 Å². The summed E-state index contributed by atoms with van der Waals surface area (Å²) in [4.78, 5) is 11.0. The van der Waals surface area contributed by atoms with Crippen LogP contribution in [0.25, 0.3) is 11.1 Å². The second kappa shape index (κ2) is 8.52. The first-order chi connectivity index (χ1) is 13.0. The molecule has 0 radical (unpaired) electrons. The normalized spacial score (nSPS) is 11.8. The third-order valence-corrected chi connectivity index (χ3v) is 4.38. The molecule has 0 heterocycles. The van der Waals surface area contributed by atoms with Gasteiger partial charge < -0.3 is 15.6 Å². The molecule has 27 heavy (non-hydrogen) atoms. The van der Waals surface area contributed by atoms with E-state index in [9.17, 15) is 4.79 Å². The van der Waals surface area contributed by atoms with Crippen molar-refractivity contribution in [2.75, 3.05) is 0 Å². The quantitative estimate of drug-likeness (QED) is 0.646. The smallest absolute Gasteiger partial charge is 0.307 e. The zero-order valence-corrected chi connectivity index (χ0v) is 15.3. The van der Waals surface area contributed by atoms with Gasteiger partial charge in [-0.15, -0.1) is 0 Å². The van der Waals surface area contributed by atoms with Crippen molar-refractivity contribution >= 4 is 5.97 Å². The van der Waals surface area contributed by atoms with Gasteiger partial charge in [-0.05, 0) is 47.4 Å². The Morgan fingerprint density at radius 2 is 1.70 bits per heavy atom. The lowest BCUT2D eigenvalue weighted by Gasteiger charge is -2.12. The van der Waals surface area contributed by atoms with Crippen molar-refractivity contribution in [3.63, 3.8) is 0 Å². The first kappa shape index (κ1) is 18.7. The molecular formula is C23H23NO3. The van der Waals surface area contributed by atoms with Crippen LogP contribution in [-0.2, 0) is 17.8 Å². The van der Waals surface area contributed by atoms with Gasteiger partial charge in [0.1, 0.15) is 12.4 Å². The Hall–Kier alpha value is -3.11. The maximum absolute atomic E-state index is 11.0. The van der Waals surface area contributed by atoms with E-state index >= 15 is 0 Å². The number of rotatable bonds is 7. The molecule has 1 unspecified atom stereocenters. The minimum absolute atomic E-state index is 0.0118. The number of benzene rings is 3. The van der Waals surface area contributed by atoms with E-state index in [0.717, 1.165) is 22.3 Å². The summed E-state index contributed by atoms with van der Waals surface area (Å²) in [7, 11) is 0. The molecule has 3 rings (SSSR count). The van der Waals surface area contributed by atoms with Gasteiger partial charge in [0.2, 0.25) is 0 Å². The minimum atomic E-state index is -0.873. The van der Waals surface area contributed by atoms with Crippen LogP contribution in [-0.4, -0.2) is 11.1 Å². The van der Waals surface area contributed by atoms with Crippen molar-refractivity contribution in [1.29, 1.82) is 0 Å². The number of nitrogens with two attached hydrogens (primary N) is 1. The van der Waals surface area contributed by atoms with Crippen LogP contribution in [0.2, 0.25) is 0 Å². The Morgan fingerprint density at radius 3 is 2.44 bits per heavy atom. The molecule has 4 nitrogen and oxygen atoms in total. The van der Waals surface area contributed by atoms with Gasteiger partial charge in [-0.1, -0.05) is 54.6 Å². The lowest BCUT2D eigenvalue weighted by Crippen LogP contribution is -2.04. The SMILES string of the molecule is CC(N)c1cccc(-c2cccc(COc3ccccc3CC(=O)O)c2)c1. The fourth-order valence-corrected chi connectivity index (χ4v) is 2.96. The summed E-state index contributed by atoms with van der Waals surface area (Å²) >= 11 is 0. The molecule has 0 aliphatic heterocycles. The fraction of sp³-hybridized carbons (Fsp3) is 0.174. The van der Waals surface area contributed by atoms with Crippen LogP contribution in [0.15, 0.2) is 72.8 Å². The molecule has 0 bridgehead atoms. The van der Waals surface area contributed by atoms with Gasteiger partial charge in [0.05, 0.1) is 6.42 Å². The molecule has 0 saturated heterocycles. The predicted octanol–water partition coefficient (Wildman–Crippen LogP) is 4.58. The Labute approximate surface area is 159 Å². The van der Waals surface area contributed by atoms with Gasteiger partial charge in [-0.25, -0.2) is 0 Å². The topological polar surface area (TPSA) is 72.5 Å². The van der Waals surface area contributed by atoms with Crippen LogP contribution in [0.1, 0.15) is 29.7 Å². The molecule has 0 aliphatic rings. The van der Waals surface area contributed by atoms with E-state index in [2.05, 4.69) is 24.3 Å². The molecule has 3 aromatic carbocycles. The number of hydrogen-bond acceptors (Lipinski definition) is 3. The first-order valence-electron chi connectivity index (χ1n) is 8.90. The highest BCUT2D eigenvalue weighted by molar-refractivity contribution is 5.71. The summed E-state index contributed by atoms with van der Waals surface area (Å²) in [5.74, 6) is -0.272. The maximum atomic E-state index is 11.0. The van der Waals surface area contributed by atoms with Gasteiger partial charge in [-0.2, -0.15) is 0 Å². The molecule has 4 heteroatoms. The second-order valence-corrected chi connectivity index (χ2v) is 6.58. The zero-order valence-electron chi connectivity index (χ0n) is 15.3. The molecular weight excluding hydrogens is 338 g/mol. The van der Waals surface area contributed by atoms with Crippen LogP contribution in [0.4, 0.5) is 0 Å². The number of carbonyl (C=O) groups is 1. The van der Waals surface area contributed by atoms with Gasteiger partial charge in [0, 0.05) is 11.6 Å². The van der Waals surface area contributed by atoms with E-state index in [4.69, 9.17) is 15.6 Å². The summed E-state index contributed by atoms with van der Waals surface area (Å²) in [6.45, 7) is 2.34. The highest BCUT2D eigenvalue weighted by atomic mass is 16.5. The third kappa shape index (κ3) is 4.96. The largest absolute Gasteiger partial charge is 0.489 e. The number of hydrogen-bond donors (Lipinski definition) is 2. The molecule has 0 aliphatic carbocycles. The van der Waals surface area contributed by atoms with E-state index in [0.29, 0.717) is 17.9 Å². The van der Waals surface area contributed by atoms with E-state index in [1.54, 1.807) is 12.1 Å². The Kier molecular flexibility index (Phi) is 5.89. The standard InChI is InChI=1S/C23H23NO3/c1-16(24)18-8-5-10-20(13-18)19-9-4-6-17(12-19)15-27-22-11-3-2-7-21(22)14-23(25)26/h2-13,16H,14-15,24H2,1H3,(H,25,26). The molecule has 0 saturated carbocycles. The maximum Gasteiger partial charge on any atom is 0.307 e. The highest BCUT2D eigenvalue weighted by Crippen LogP contribution is 2.25. The Bertz CT molecular complexity index is 934. The van der Waals surface area contributed by atoms with Crippen molar-refractivity contribution in [2.45, 2.75) is 26.0 Å². The van der Waals surface area contributed by atoms with Crippen molar-refractivity contribution in [3.8, 4) is 16.9 Å². The average Bonchev–Trinajstić information content (AvgIpc) is 2.67. The van der Waals surface area contributed by atoms with Gasteiger partial charge in [-0.3, -0.25) is 4.79 Å². The monoisotopic (exact) mass is 361 g/mol. The van der Waals surface area contributed by atoms with Crippen LogP contribution in [0, 0.1) is 0 Å². The number of aliphatic carboxylic acids is 1. The van der Waals surface area contributed by atoms with Crippen LogP contribution in [0.5, 0.6) is 5.75 Å². The van der Waals surface area contributed by atoms with Gasteiger partial charge >= 0.3 is 5.97 Å². The van der Waals surface area contributed by atoms with E-state index in [-0.39, 0.29) is 12.5 Å². The first-order valence-corrected chi connectivity index (χ1v) is 8.90. The van der Waals surface area contributed by atoms with Gasteiger partial charge in [0.15, 0.2) is 0 Å².